The highest BCUT2D eigenvalue weighted by molar-refractivity contribution is 7.07. The Balaban J connectivity index is 8.43. The monoisotopic (exact) mass is 480 g/mol. The van der Waals surface area contributed by atoms with Gasteiger partial charge in [-0.2, -0.15) is 0 Å². The second kappa shape index (κ2) is 7.43. The third kappa shape index (κ3) is 3.42. The van der Waals surface area contributed by atoms with E-state index in [1.165, 1.54) is 0 Å². The lowest BCUT2D eigenvalue weighted by Crippen LogP contribution is -2.82. The van der Waals surface area contributed by atoms with Crippen molar-refractivity contribution in [3.63, 3.8) is 0 Å². The van der Waals surface area contributed by atoms with Crippen LogP contribution < -0.4 is 0 Å². The fourth-order valence-corrected chi connectivity index (χ4v) is 33.2. The molecule has 4 N–H and O–H groups in total. The number of hydrogen-bond acceptors (Lipinski definition) is 4. The van der Waals surface area contributed by atoms with Gasteiger partial charge in [0.25, 0.3) is 0 Å². The highest BCUT2D eigenvalue weighted by atomic mass is 28.4. The smallest absolute Gasteiger partial charge is 0.336 e. The minimum atomic E-state index is -3.03. The first-order valence-corrected chi connectivity index (χ1v) is 23.8. The molecule has 0 aromatic rings. The summed E-state index contributed by atoms with van der Waals surface area (Å²) in [6.45, 7) is 20.8. The first kappa shape index (κ1) is 28.2. The maximum absolute atomic E-state index is 13.1. The zero-order chi connectivity index (χ0) is 24.2. The van der Waals surface area contributed by atoms with Gasteiger partial charge in [-0.25, -0.2) is 4.79 Å². The van der Waals surface area contributed by atoms with Gasteiger partial charge in [-0.3, -0.25) is 9.59 Å². The molecule has 170 valence electrons. The van der Waals surface area contributed by atoms with Gasteiger partial charge in [0.05, 0.1) is 41.6 Å². The Morgan fingerprint density at radius 2 is 0.655 bits per heavy atom. The quantitative estimate of drug-likeness (QED) is 0.368. The highest BCUT2D eigenvalue weighted by Crippen LogP contribution is 2.68. The maximum Gasteiger partial charge on any atom is 0.336 e. The molecule has 0 aromatic carbocycles. The lowest BCUT2D eigenvalue weighted by molar-refractivity contribution is -0.176. The molecule has 0 amide bonds. The second-order valence-electron chi connectivity index (χ2n) is 12.1. The van der Waals surface area contributed by atoms with Crippen LogP contribution in [-0.4, -0.2) is 76.2 Å². The molecule has 0 bridgehead atoms. The van der Waals surface area contributed by atoms with Crippen molar-refractivity contribution in [2.24, 2.45) is 0 Å². The van der Waals surface area contributed by atoms with Crippen molar-refractivity contribution < 1.29 is 34.8 Å². The molecule has 0 radical (unpaired) electrons. The summed E-state index contributed by atoms with van der Waals surface area (Å²) in [7, 11) is -12.1. The van der Waals surface area contributed by atoms with E-state index in [2.05, 4.69) is 0 Å². The maximum atomic E-state index is 13.1. The Hall–Kier alpha value is -0.762. The number of aliphatic carboxylic acids is 3. The third-order valence-corrected chi connectivity index (χ3v) is 26.8. The van der Waals surface area contributed by atoms with Crippen LogP contribution in [0.1, 0.15) is 0 Å². The summed E-state index contributed by atoms with van der Waals surface area (Å²) in [5, 5.41) is 44.2. The van der Waals surface area contributed by atoms with Crippen LogP contribution in [0.2, 0.25) is 87.9 Å². The van der Waals surface area contributed by atoms with Gasteiger partial charge >= 0.3 is 17.9 Å². The molecule has 11 heteroatoms. The topological polar surface area (TPSA) is 132 Å². The molecule has 29 heavy (non-hydrogen) atoms. The third-order valence-electron chi connectivity index (χ3n) is 6.54. The van der Waals surface area contributed by atoms with Crippen LogP contribution in [0, 0.1) is 0 Å². The number of carboxylic acid groups (broad SMARTS) is 3. The molecule has 0 fully saturated rings. The van der Waals surface area contributed by atoms with Gasteiger partial charge in [-0.05, 0) is 0 Å². The second-order valence-corrected chi connectivity index (χ2v) is 34.1. The van der Waals surface area contributed by atoms with E-state index in [-0.39, 0.29) is 0 Å². The molecule has 0 aromatic heterocycles. The Morgan fingerprint density at radius 1 is 0.483 bits per heavy atom. The number of hydrogen-bond donors (Lipinski definition) is 4. The minimum absolute atomic E-state index is 1.39. The first-order valence-electron chi connectivity index (χ1n) is 9.76. The van der Waals surface area contributed by atoms with Crippen LogP contribution in [0.5, 0.6) is 0 Å². The van der Waals surface area contributed by atoms with Crippen LogP contribution in [0.15, 0.2) is 0 Å². The average Bonchev–Trinajstić information content (AvgIpc) is 2.29. The van der Waals surface area contributed by atoms with Crippen molar-refractivity contribution in [3.05, 3.63) is 0 Å². The largest absolute Gasteiger partial charge is 0.481 e. The summed E-state index contributed by atoms with van der Waals surface area (Å²) in [5.74, 6) is -4.50. The highest BCUT2D eigenvalue weighted by Gasteiger charge is 2.84. The molecule has 0 heterocycles. The van der Waals surface area contributed by atoms with Gasteiger partial charge in [0.2, 0.25) is 0 Å². The first-order chi connectivity index (χ1) is 12.3. The van der Waals surface area contributed by atoms with E-state index in [1.807, 2.05) is 0 Å². The van der Waals surface area contributed by atoms with Crippen molar-refractivity contribution in [1.82, 2.24) is 0 Å². The lowest BCUT2D eigenvalue weighted by atomic mass is 9.92. The fourth-order valence-electron chi connectivity index (χ4n) is 6.62. The molecule has 0 saturated heterocycles. The number of carbonyl (C=O) groups is 3. The summed E-state index contributed by atoms with van der Waals surface area (Å²) < 4.78 is -4.06. The van der Waals surface area contributed by atoms with E-state index >= 15 is 0 Å². The molecule has 0 rings (SSSR count). The van der Waals surface area contributed by atoms with Crippen LogP contribution in [0.4, 0.5) is 0 Å². The number of rotatable bonds is 9. The van der Waals surface area contributed by atoms with Crippen molar-refractivity contribution >= 4 is 50.2 Å². The van der Waals surface area contributed by atoms with Gasteiger partial charge in [0.1, 0.15) is 0 Å². The standard InChI is InChI=1S/C18H40O7Si4/c1-26(2,3)17(14(21)22,27(4,5)6)16(25,13(19)20)18(15(23)24,28(7,8)9)29(10,11)12/h25H,1-12H3,(H,19,20)(H,21,22)(H,23,24). The van der Waals surface area contributed by atoms with Crippen molar-refractivity contribution in [1.29, 1.82) is 0 Å². The molecule has 0 unspecified atom stereocenters. The Kier molecular flexibility index (Phi) is 7.23. The zero-order valence-corrected chi connectivity index (χ0v) is 24.0. The molecule has 0 aliphatic rings. The summed E-state index contributed by atoms with van der Waals surface area (Å²) in [6.07, 6.45) is 0. The Labute approximate surface area is 178 Å². The van der Waals surface area contributed by atoms with Crippen molar-refractivity contribution in [3.8, 4) is 0 Å². The van der Waals surface area contributed by atoms with Gasteiger partial charge in [-0.1, -0.05) is 78.6 Å². The number of carboxylic acids is 3. The molecule has 0 atom stereocenters. The van der Waals surface area contributed by atoms with Gasteiger partial charge in [-0.15, -0.1) is 0 Å². The molecule has 0 aliphatic carbocycles. The average molecular weight is 481 g/mol. The molecule has 0 spiro atoms. The molecule has 0 saturated carbocycles. The normalized spacial score (nSPS) is 15.2. The van der Waals surface area contributed by atoms with E-state index in [0.29, 0.717) is 0 Å². The van der Waals surface area contributed by atoms with Crippen LogP contribution in [-0.2, 0) is 14.4 Å². The van der Waals surface area contributed by atoms with Gasteiger partial charge < -0.3 is 20.4 Å². The summed E-state index contributed by atoms with van der Waals surface area (Å²) >= 11 is 0. The minimum Gasteiger partial charge on any atom is -0.481 e. The molecular weight excluding hydrogens is 441 g/mol. The van der Waals surface area contributed by atoms with Gasteiger partial charge in [0.15, 0.2) is 5.60 Å². The van der Waals surface area contributed by atoms with Crippen molar-refractivity contribution in [2.75, 3.05) is 0 Å². The zero-order valence-electron chi connectivity index (χ0n) is 20.0. The summed E-state index contributed by atoms with van der Waals surface area (Å²) in [5.41, 5.74) is -2.93. The summed E-state index contributed by atoms with van der Waals surface area (Å²) in [6, 6.07) is 0. The van der Waals surface area contributed by atoms with Crippen LogP contribution in [0.3, 0.4) is 0 Å². The van der Waals surface area contributed by atoms with E-state index in [0.717, 1.165) is 0 Å². The van der Waals surface area contributed by atoms with E-state index < -0.39 is 65.1 Å². The van der Waals surface area contributed by atoms with E-state index in [1.54, 1.807) is 78.6 Å². The predicted molar refractivity (Wildman–Crippen MR) is 127 cm³/mol. The van der Waals surface area contributed by atoms with Crippen LogP contribution in [0.25, 0.3) is 0 Å². The Bertz CT molecular complexity index is 613. The predicted octanol–water partition coefficient (Wildman–Crippen LogP) is 3.88. The van der Waals surface area contributed by atoms with Crippen molar-refractivity contribution in [2.45, 2.75) is 93.5 Å². The van der Waals surface area contributed by atoms with E-state index in [9.17, 15) is 34.8 Å². The van der Waals surface area contributed by atoms with E-state index in [4.69, 9.17) is 0 Å². The molecule has 7 nitrogen and oxygen atoms in total. The summed E-state index contributed by atoms with van der Waals surface area (Å²) in [4.78, 5) is 39.2. The molecular formula is C18H40O7Si4. The fraction of sp³-hybridized carbons (Fsp3) is 0.833. The van der Waals surface area contributed by atoms with Crippen LogP contribution >= 0.6 is 0 Å². The lowest BCUT2D eigenvalue weighted by Gasteiger charge is -2.65. The molecule has 0 aliphatic heterocycles. The van der Waals surface area contributed by atoms with Gasteiger partial charge in [0, 0.05) is 0 Å². The SMILES string of the molecule is C[Si](C)(C)C(C(=O)O)(C(O)(C(=O)O)C(C(=O)O)([Si](C)(C)C)[Si](C)(C)C)[Si](C)(C)C. The number of aliphatic hydroxyl groups is 1. The Morgan fingerprint density at radius 3 is 0.724 bits per heavy atom.